The standard InChI is InChI=1S/C45H47N3O/c1-43(2,3)30-26-34-37-32(24-25-35(44(4,5)6)39(37)49-38(34)36(27-30)45(7,8)9)31-22-16-17-23-33(31)42-47-40(28-18-12-10-13-19-28)46-41(48-42)29-20-14-11-15-21-29/h10-24,26-27,35H,25H2,1-9H3. The van der Waals surface area contributed by atoms with Gasteiger partial charge in [-0.3, -0.25) is 0 Å². The highest BCUT2D eigenvalue weighted by atomic mass is 16.3. The highest BCUT2D eigenvalue weighted by Crippen LogP contribution is 2.52. The van der Waals surface area contributed by atoms with Crippen LogP contribution < -0.4 is 0 Å². The Kier molecular flexibility index (Phi) is 7.97. The quantitative estimate of drug-likeness (QED) is 0.191. The minimum atomic E-state index is -0.0917. The van der Waals surface area contributed by atoms with E-state index in [1.807, 2.05) is 36.4 Å². The van der Waals surface area contributed by atoms with E-state index in [2.05, 4.69) is 129 Å². The summed E-state index contributed by atoms with van der Waals surface area (Å²) in [6, 6.07) is 33.7. The minimum Gasteiger partial charge on any atom is -0.460 e. The van der Waals surface area contributed by atoms with Gasteiger partial charge in [-0.1, -0.05) is 159 Å². The van der Waals surface area contributed by atoms with E-state index in [1.165, 1.54) is 27.6 Å². The maximum Gasteiger partial charge on any atom is 0.164 e. The normalized spacial score (nSPS) is 15.3. The molecule has 0 saturated carbocycles. The van der Waals surface area contributed by atoms with Crippen molar-refractivity contribution in [3.8, 4) is 34.2 Å². The van der Waals surface area contributed by atoms with Crippen molar-refractivity contribution in [1.29, 1.82) is 0 Å². The molecule has 0 fully saturated rings. The second kappa shape index (κ2) is 11.9. The number of nitrogens with zero attached hydrogens (tertiary/aromatic N) is 3. The van der Waals surface area contributed by atoms with Crippen LogP contribution in [0.5, 0.6) is 0 Å². The van der Waals surface area contributed by atoms with Gasteiger partial charge in [-0.25, -0.2) is 15.0 Å². The SMILES string of the molecule is CC(C)(C)c1cc(C(C)(C)C)c2oc3c(c2c1)C(c1ccccc1-c1nc(-c2ccccc2)nc(-c2ccccc2)n1)=CCC3C(C)(C)C. The molecule has 49 heavy (non-hydrogen) atoms. The van der Waals surface area contributed by atoms with Crippen molar-refractivity contribution in [2.75, 3.05) is 0 Å². The molecule has 7 rings (SSSR count). The summed E-state index contributed by atoms with van der Waals surface area (Å²) in [5.41, 5.74) is 9.84. The first-order valence-corrected chi connectivity index (χ1v) is 17.5. The second-order valence-corrected chi connectivity index (χ2v) is 16.6. The van der Waals surface area contributed by atoms with Crippen molar-refractivity contribution in [2.45, 2.75) is 85.5 Å². The lowest BCUT2D eigenvalue weighted by atomic mass is 9.71. The Balaban J connectivity index is 1.50. The number of hydrogen-bond acceptors (Lipinski definition) is 4. The molecule has 0 spiro atoms. The molecule has 0 amide bonds. The van der Waals surface area contributed by atoms with Crippen LogP contribution in [-0.2, 0) is 10.8 Å². The van der Waals surface area contributed by atoms with Gasteiger partial charge in [-0.2, -0.15) is 0 Å². The van der Waals surface area contributed by atoms with Crippen LogP contribution in [0.1, 0.15) is 103 Å². The Morgan fingerprint density at radius 1 is 0.592 bits per heavy atom. The third-order valence-corrected chi connectivity index (χ3v) is 9.84. The van der Waals surface area contributed by atoms with Crippen LogP contribution in [0.15, 0.2) is 108 Å². The number of aromatic nitrogens is 3. The van der Waals surface area contributed by atoms with E-state index in [9.17, 15) is 0 Å². The first-order valence-electron chi connectivity index (χ1n) is 17.5. The number of rotatable bonds is 4. The first-order chi connectivity index (χ1) is 23.2. The summed E-state index contributed by atoms with van der Waals surface area (Å²) in [5.74, 6) is 3.29. The van der Waals surface area contributed by atoms with E-state index in [4.69, 9.17) is 19.4 Å². The van der Waals surface area contributed by atoms with Crippen molar-refractivity contribution >= 4 is 16.5 Å². The zero-order chi connectivity index (χ0) is 34.7. The molecule has 1 unspecified atom stereocenters. The molecule has 4 aromatic carbocycles. The zero-order valence-corrected chi connectivity index (χ0v) is 30.3. The molecule has 1 aliphatic carbocycles. The lowest BCUT2D eigenvalue weighted by Gasteiger charge is -2.32. The molecule has 4 heteroatoms. The predicted octanol–water partition coefficient (Wildman–Crippen LogP) is 12.2. The van der Waals surface area contributed by atoms with Crippen LogP contribution >= 0.6 is 0 Å². The van der Waals surface area contributed by atoms with E-state index in [0.717, 1.165) is 40.0 Å². The number of fused-ring (bicyclic) bond motifs is 3. The summed E-state index contributed by atoms with van der Waals surface area (Å²) >= 11 is 0. The van der Waals surface area contributed by atoms with Gasteiger partial charge in [0.25, 0.3) is 0 Å². The summed E-state index contributed by atoms with van der Waals surface area (Å²) in [6.07, 6.45) is 3.32. The van der Waals surface area contributed by atoms with Gasteiger partial charge in [-0.15, -0.1) is 0 Å². The highest BCUT2D eigenvalue weighted by Gasteiger charge is 2.38. The van der Waals surface area contributed by atoms with Gasteiger partial charge in [0, 0.05) is 39.1 Å². The van der Waals surface area contributed by atoms with Crippen molar-refractivity contribution in [1.82, 2.24) is 15.0 Å². The number of furan rings is 1. The summed E-state index contributed by atoms with van der Waals surface area (Å²) < 4.78 is 7.12. The third kappa shape index (κ3) is 6.14. The summed E-state index contributed by atoms with van der Waals surface area (Å²) in [6.45, 7) is 20.7. The van der Waals surface area contributed by atoms with Gasteiger partial charge >= 0.3 is 0 Å². The topological polar surface area (TPSA) is 51.8 Å². The van der Waals surface area contributed by atoms with Gasteiger partial charge in [0.15, 0.2) is 17.5 Å². The van der Waals surface area contributed by atoms with Crippen LogP contribution in [0.25, 0.3) is 50.7 Å². The van der Waals surface area contributed by atoms with Crippen molar-refractivity contribution in [2.24, 2.45) is 5.41 Å². The van der Waals surface area contributed by atoms with Crippen LogP contribution in [0, 0.1) is 5.41 Å². The van der Waals surface area contributed by atoms with E-state index < -0.39 is 0 Å². The van der Waals surface area contributed by atoms with Crippen molar-refractivity contribution in [3.05, 3.63) is 131 Å². The predicted molar refractivity (Wildman–Crippen MR) is 204 cm³/mol. The van der Waals surface area contributed by atoms with Crippen molar-refractivity contribution < 1.29 is 4.42 Å². The Morgan fingerprint density at radius 3 is 1.65 bits per heavy atom. The molecular weight excluding hydrogens is 599 g/mol. The van der Waals surface area contributed by atoms with Gasteiger partial charge < -0.3 is 4.42 Å². The maximum absolute atomic E-state index is 7.12. The molecule has 2 aromatic heterocycles. The lowest BCUT2D eigenvalue weighted by molar-refractivity contribution is 0.282. The van der Waals surface area contributed by atoms with Crippen LogP contribution in [-0.4, -0.2) is 15.0 Å². The Bertz CT molecular complexity index is 2130. The largest absolute Gasteiger partial charge is 0.460 e. The van der Waals surface area contributed by atoms with Gasteiger partial charge in [0.1, 0.15) is 11.3 Å². The van der Waals surface area contributed by atoms with Crippen LogP contribution in [0.3, 0.4) is 0 Å². The van der Waals surface area contributed by atoms with Gasteiger partial charge in [0.2, 0.25) is 0 Å². The zero-order valence-electron chi connectivity index (χ0n) is 30.3. The monoisotopic (exact) mass is 645 g/mol. The average Bonchev–Trinajstić information content (AvgIpc) is 3.46. The second-order valence-electron chi connectivity index (χ2n) is 16.6. The van der Waals surface area contributed by atoms with Crippen LogP contribution in [0.2, 0.25) is 0 Å². The van der Waals surface area contributed by atoms with E-state index in [-0.39, 0.29) is 22.2 Å². The molecule has 0 bridgehead atoms. The molecule has 2 heterocycles. The van der Waals surface area contributed by atoms with Gasteiger partial charge in [0.05, 0.1) is 0 Å². The Labute approximate surface area is 291 Å². The van der Waals surface area contributed by atoms with E-state index in [0.29, 0.717) is 17.5 Å². The minimum absolute atomic E-state index is 0.0162. The van der Waals surface area contributed by atoms with E-state index in [1.54, 1.807) is 0 Å². The lowest BCUT2D eigenvalue weighted by Crippen LogP contribution is -2.21. The molecule has 248 valence electrons. The summed E-state index contributed by atoms with van der Waals surface area (Å²) in [5, 5.41) is 1.19. The number of hydrogen-bond donors (Lipinski definition) is 0. The Morgan fingerprint density at radius 2 is 1.12 bits per heavy atom. The molecule has 0 aliphatic heterocycles. The molecule has 4 nitrogen and oxygen atoms in total. The number of benzene rings is 4. The smallest absolute Gasteiger partial charge is 0.164 e. The molecule has 0 N–H and O–H groups in total. The first kappa shape index (κ1) is 32.7. The van der Waals surface area contributed by atoms with E-state index >= 15 is 0 Å². The maximum atomic E-state index is 7.12. The summed E-state index contributed by atoms with van der Waals surface area (Å²) in [7, 11) is 0. The fourth-order valence-corrected chi connectivity index (χ4v) is 7.01. The molecule has 0 radical (unpaired) electrons. The van der Waals surface area contributed by atoms with Crippen molar-refractivity contribution in [3.63, 3.8) is 0 Å². The molecule has 1 atom stereocenters. The third-order valence-electron chi connectivity index (χ3n) is 9.84. The Hall–Kier alpha value is -4.83. The fourth-order valence-electron chi connectivity index (χ4n) is 7.01. The van der Waals surface area contributed by atoms with Gasteiger partial charge in [-0.05, 0) is 45.4 Å². The number of allylic oxidation sites excluding steroid dienone is 1. The highest BCUT2D eigenvalue weighted by molar-refractivity contribution is 6.02. The van der Waals surface area contributed by atoms with Crippen LogP contribution in [0.4, 0.5) is 0 Å². The molecule has 0 saturated heterocycles. The fraction of sp³-hybridized carbons (Fsp3) is 0.311. The molecule has 1 aliphatic rings. The average molecular weight is 646 g/mol. The molecular formula is C45H47N3O. The summed E-state index contributed by atoms with van der Waals surface area (Å²) in [4.78, 5) is 15.2. The molecule has 6 aromatic rings.